The zero-order valence-corrected chi connectivity index (χ0v) is 19.8. The molecule has 0 spiro atoms. The number of alkyl halides is 3. The Morgan fingerprint density at radius 1 is 0.943 bits per heavy atom. The average Bonchev–Trinajstić information content (AvgIpc) is 2.84. The number of hydrogen-bond donors (Lipinski definition) is 0. The third kappa shape index (κ3) is 5.37. The first kappa shape index (κ1) is 24.8. The molecule has 0 unspecified atom stereocenters. The van der Waals surface area contributed by atoms with Crippen molar-refractivity contribution in [1.82, 2.24) is 5.06 Å². The molecule has 0 aliphatic carbocycles. The average molecular weight is 498 g/mol. The molecule has 180 valence electrons. The topological polar surface area (TPSA) is 46.6 Å². The summed E-state index contributed by atoms with van der Waals surface area (Å²) in [4.78, 5) is 26.3. The number of nitrogens with zero attached hydrogens (tertiary/aromatic N) is 1. The van der Waals surface area contributed by atoms with Crippen LogP contribution in [0.4, 0.5) is 13.2 Å². The standard InChI is InChI=1S/C27H22F3NO3S/c1-2-3-4-5-6-7-10-18-15-16-23-24-21(18)13-9-14-22(24)25(32)31(26(23)33)34-35-20-12-8-11-19(17-20)27(28,29)30/h8-9,11-17H,2-6H2,1H3. The Kier molecular flexibility index (Phi) is 7.48. The molecule has 0 radical (unpaired) electrons. The normalized spacial score (nSPS) is 13.2. The fraction of sp³-hybridized carbons (Fsp3) is 0.259. The Morgan fingerprint density at radius 2 is 1.69 bits per heavy atom. The van der Waals surface area contributed by atoms with Gasteiger partial charge in [0.05, 0.1) is 28.7 Å². The van der Waals surface area contributed by atoms with Crippen molar-refractivity contribution in [3.8, 4) is 11.8 Å². The van der Waals surface area contributed by atoms with E-state index in [0.29, 0.717) is 27.9 Å². The van der Waals surface area contributed by atoms with Gasteiger partial charge in [-0.15, -0.1) is 5.06 Å². The van der Waals surface area contributed by atoms with E-state index in [9.17, 15) is 22.8 Å². The Labute approximate surface area is 205 Å². The molecular weight excluding hydrogens is 475 g/mol. The van der Waals surface area contributed by atoms with Crippen molar-refractivity contribution in [2.75, 3.05) is 0 Å². The summed E-state index contributed by atoms with van der Waals surface area (Å²) in [6.07, 6.45) is 0.746. The molecule has 8 heteroatoms. The van der Waals surface area contributed by atoms with E-state index in [1.54, 1.807) is 24.3 Å². The number of imide groups is 1. The van der Waals surface area contributed by atoms with Crippen molar-refractivity contribution in [2.45, 2.75) is 50.1 Å². The van der Waals surface area contributed by atoms with E-state index in [0.717, 1.165) is 43.4 Å². The van der Waals surface area contributed by atoms with Crippen LogP contribution < -0.4 is 0 Å². The molecule has 0 saturated heterocycles. The van der Waals surface area contributed by atoms with Crippen molar-refractivity contribution >= 4 is 34.6 Å². The lowest BCUT2D eigenvalue weighted by atomic mass is 9.92. The second-order valence-electron chi connectivity index (χ2n) is 8.09. The summed E-state index contributed by atoms with van der Waals surface area (Å²) in [5, 5.41) is 1.79. The molecule has 0 aromatic heterocycles. The van der Waals surface area contributed by atoms with Gasteiger partial charge in [-0.2, -0.15) is 17.5 Å². The van der Waals surface area contributed by atoms with Crippen LogP contribution in [0.3, 0.4) is 0 Å². The maximum absolute atomic E-state index is 13.1. The molecule has 0 atom stereocenters. The lowest BCUT2D eigenvalue weighted by Crippen LogP contribution is -2.38. The van der Waals surface area contributed by atoms with Crippen LogP contribution in [0.15, 0.2) is 59.5 Å². The minimum Gasteiger partial charge on any atom is -0.266 e. The number of hydrogen-bond acceptors (Lipinski definition) is 4. The number of unbranched alkanes of at least 4 members (excludes halogenated alkanes) is 4. The van der Waals surface area contributed by atoms with Gasteiger partial charge in [0.25, 0.3) is 11.8 Å². The zero-order valence-electron chi connectivity index (χ0n) is 18.9. The minimum absolute atomic E-state index is 0.106. The highest BCUT2D eigenvalue weighted by Gasteiger charge is 2.35. The SMILES string of the molecule is CCCCCCC#Cc1ccc2c3c(cccc13)C(=O)N(OSc1cccc(C(F)(F)F)c1)C2=O. The second-order valence-corrected chi connectivity index (χ2v) is 8.88. The highest BCUT2D eigenvalue weighted by Crippen LogP contribution is 2.35. The van der Waals surface area contributed by atoms with Crippen LogP contribution in [0.2, 0.25) is 0 Å². The monoisotopic (exact) mass is 497 g/mol. The highest BCUT2D eigenvalue weighted by atomic mass is 32.2. The lowest BCUT2D eigenvalue weighted by molar-refractivity contribution is -0.137. The minimum atomic E-state index is -4.52. The summed E-state index contributed by atoms with van der Waals surface area (Å²) in [6, 6.07) is 12.9. The molecule has 0 bridgehead atoms. The lowest BCUT2D eigenvalue weighted by Gasteiger charge is -2.25. The van der Waals surface area contributed by atoms with Crippen molar-refractivity contribution in [1.29, 1.82) is 0 Å². The van der Waals surface area contributed by atoms with E-state index >= 15 is 0 Å². The fourth-order valence-corrected chi connectivity index (χ4v) is 4.46. The smallest absolute Gasteiger partial charge is 0.266 e. The van der Waals surface area contributed by atoms with Crippen LogP contribution >= 0.6 is 12.0 Å². The zero-order chi connectivity index (χ0) is 25.0. The molecule has 0 fully saturated rings. The molecule has 3 aromatic carbocycles. The number of benzene rings is 3. The van der Waals surface area contributed by atoms with Crippen LogP contribution in [-0.2, 0) is 10.5 Å². The van der Waals surface area contributed by atoms with E-state index in [4.69, 9.17) is 4.28 Å². The molecule has 1 aliphatic rings. The molecule has 0 N–H and O–H groups in total. The van der Waals surface area contributed by atoms with Crippen molar-refractivity contribution in [2.24, 2.45) is 0 Å². The Hall–Kier alpha value is -3.28. The van der Waals surface area contributed by atoms with Crippen LogP contribution in [0.1, 0.15) is 70.9 Å². The van der Waals surface area contributed by atoms with Gasteiger partial charge in [0, 0.05) is 22.3 Å². The van der Waals surface area contributed by atoms with Crippen LogP contribution in [-0.4, -0.2) is 16.9 Å². The maximum atomic E-state index is 13.1. The number of amides is 2. The fourth-order valence-electron chi connectivity index (χ4n) is 3.85. The molecule has 35 heavy (non-hydrogen) atoms. The predicted molar refractivity (Wildman–Crippen MR) is 128 cm³/mol. The number of carbonyl (C=O) groups excluding carboxylic acids is 2. The molecule has 4 nitrogen and oxygen atoms in total. The summed E-state index contributed by atoms with van der Waals surface area (Å²) in [5.74, 6) is 4.97. The van der Waals surface area contributed by atoms with E-state index in [1.165, 1.54) is 18.6 Å². The molecule has 2 amide bonds. The molecule has 3 aromatic rings. The molecule has 1 heterocycles. The molecule has 1 aliphatic heterocycles. The number of rotatable bonds is 7. The third-order valence-corrected chi connectivity index (χ3v) is 6.29. The van der Waals surface area contributed by atoms with Gasteiger partial charge in [0.2, 0.25) is 0 Å². The van der Waals surface area contributed by atoms with Gasteiger partial charge in [-0.1, -0.05) is 56.2 Å². The van der Waals surface area contributed by atoms with E-state index in [-0.39, 0.29) is 16.0 Å². The van der Waals surface area contributed by atoms with Gasteiger partial charge in [-0.25, -0.2) is 0 Å². The first-order valence-corrected chi connectivity index (χ1v) is 12.0. The predicted octanol–water partition coefficient (Wildman–Crippen LogP) is 7.42. The Bertz CT molecular complexity index is 1320. The second kappa shape index (κ2) is 10.5. The van der Waals surface area contributed by atoms with E-state index in [2.05, 4.69) is 18.8 Å². The van der Waals surface area contributed by atoms with Crippen molar-refractivity contribution in [3.63, 3.8) is 0 Å². The summed E-state index contributed by atoms with van der Waals surface area (Å²) in [6.45, 7) is 2.15. The van der Waals surface area contributed by atoms with Gasteiger partial charge in [-0.3, -0.25) is 9.59 Å². The van der Waals surface area contributed by atoms with Gasteiger partial charge < -0.3 is 0 Å². The van der Waals surface area contributed by atoms with E-state index < -0.39 is 23.6 Å². The van der Waals surface area contributed by atoms with Crippen LogP contribution in [0.25, 0.3) is 10.8 Å². The van der Waals surface area contributed by atoms with Gasteiger partial charge in [0.1, 0.15) is 0 Å². The van der Waals surface area contributed by atoms with Crippen molar-refractivity contribution < 1.29 is 27.0 Å². The van der Waals surface area contributed by atoms with Gasteiger partial charge >= 0.3 is 6.18 Å². The van der Waals surface area contributed by atoms with E-state index in [1.807, 2.05) is 6.07 Å². The quantitative estimate of drug-likeness (QED) is 0.148. The van der Waals surface area contributed by atoms with Gasteiger partial charge in [0.15, 0.2) is 0 Å². The summed E-state index contributed by atoms with van der Waals surface area (Å²) < 4.78 is 44.3. The maximum Gasteiger partial charge on any atom is 0.416 e. The Balaban J connectivity index is 1.57. The first-order chi connectivity index (χ1) is 16.8. The molecule has 4 rings (SSSR count). The largest absolute Gasteiger partial charge is 0.416 e. The number of halogens is 3. The van der Waals surface area contributed by atoms with Crippen LogP contribution in [0, 0.1) is 11.8 Å². The summed E-state index contributed by atoms with van der Waals surface area (Å²) >= 11 is 0.513. The Morgan fingerprint density at radius 3 is 2.43 bits per heavy atom. The van der Waals surface area contributed by atoms with Crippen molar-refractivity contribution in [3.05, 3.63) is 76.9 Å². The van der Waals surface area contributed by atoms with Crippen LogP contribution in [0.5, 0.6) is 0 Å². The highest BCUT2D eigenvalue weighted by molar-refractivity contribution is 7.94. The number of hydroxylamine groups is 2. The summed E-state index contributed by atoms with van der Waals surface area (Å²) in [5.41, 5.74) is 0.424. The molecular formula is C27H22F3NO3S. The summed E-state index contributed by atoms with van der Waals surface area (Å²) in [7, 11) is 0. The number of carbonyl (C=O) groups is 2. The third-order valence-electron chi connectivity index (χ3n) is 5.62. The molecule has 0 saturated carbocycles. The van der Waals surface area contributed by atoms with Gasteiger partial charge in [-0.05, 0) is 48.2 Å². The first-order valence-electron chi connectivity index (χ1n) is 11.3.